The summed E-state index contributed by atoms with van der Waals surface area (Å²) in [6.07, 6.45) is 3.23. The molecule has 0 fully saturated rings. The maximum atomic E-state index is 12.4. The average molecular weight is 304 g/mol. The number of aromatic nitrogens is 1. The predicted octanol–water partition coefficient (Wildman–Crippen LogP) is 3.41. The number of hydrogen-bond donors (Lipinski definition) is 1. The van der Waals surface area contributed by atoms with Gasteiger partial charge in [0, 0.05) is 33.5 Å². The maximum absolute atomic E-state index is 12.4. The molecule has 102 valence electrons. The summed E-state index contributed by atoms with van der Waals surface area (Å²) in [5, 5.41) is 2.29. The quantitative estimate of drug-likeness (QED) is 0.806. The van der Waals surface area contributed by atoms with Gasteiger partial charge in [0.05, 0.1) is 0 Å². The van der Waals surface area contributed by atoms with E-state index in [9.17, 15) is 8.42 Å². The van der Waals surface area contributed by atoms with Gasteiger partial charge in [-0.3, -0.25) is 9.71 Å². The van der Waals surface area contributed by atoms with Crippen LogP contribution in [0.4, 0.5) is 5.69 Å². The Bertz CT molecular complexity index is 852. The molecule has 0 bridgehead atoms. The van der Waals surface area contributed by atoms with Gasteiger partial charge in [-0.1, -0.05) is 17.7 Å². The number of pyridine rings is 1. The fourth-order valence-electron chi connectivity index (χ4n) is 1.89. The lowest BCUT2D eigenvalue weighted by atomic mass is 10.2. The third-order valence-electron chi connectivity index (χ3n) is 2.93. The van der Waals surface area contributed by atoms with Gasteiger partial charge in [-0.05, 0) is 25.1 Å². The molecule has 0 saturated heterocycles. The first kappa shape index (κ1) is 13.1. The van der Waals surface area contributed by atoms with Crippen LogP contribution < -0.4 is 4.72 Å². The summed E-state index contributed by atoms with van der Waals surface area (Å²) in [7, 11) is -3.59. The highest BCUT2D eigenvalue weighted by Crippen LogP contribution is 2.29. The Morgan fingerprint density at radius 3 is 2.65 bits per heavy atom. The average Bonchev–Trinajstić information content (AvgIpc) is 2.86. The van der Waals surface area contributed by atoms with E-state index < -0.39 is 10.0 Å². The molecule has 0 saturated carbocycles. The molecule has 20 heavy (non-hydrogen) atoms. The van der Waals surface area contributed by atoms with Gasteiger partial charge in [-0.15, -0.1) is 11.3 Å². The van der Waals surface area contributed by atoms with Crippen molar-refractivity contribution in [1.82, 2.24) is 4.98 Å². The third kappa shape index (κ3) is 2.39. The molecule has 0 aliphatic rings. The van der Waals surface area contributed by atoms with Crippen LogP contribution in [0.3, 0.4) is 0 Å². The minimum Gasteiger partial charge on any atom is -0.280 e. The van der Waals surface area contributed by atoms with E-state index in [2.05, 4.69) is 9.71 Å². The Kier molecular flexibility index (Phi) is 3.19. The Hall–Kier alpha value is -1.92. The van der Waals surface area contributed by atoms with E-state index in [0.29, 0.717) is 11.1 Å². The molecule has 0 aliphatic carbocycles. The first-order valence-corrected chi connectivity index (χ1v) is 8.33. The van der Waals surface area contributed by atoms with Crippen LogP contribution in [-0.4, -0.2) is 13.4 Å². The number of nitrogens with one attached hydrogen (secondary N) is 1. The van der Waals surface area contributed by atoms with Gasteiger partial charge in [-0.25, -0.2) is 8.42 Å². The zero-order valence-corrected chi connectivity index (χ0v) is 12.3. The summed E-state index contributed by atoms with van der Waals surface area (Å²) in [6, 6.07) is 9.04. The largest absolute Gasteiger partial charge is 0.280 e. The summed E-state index contributed by atoms with van der Waals surface area (Å²) in [5.74, 6) is 0. The van der Waals surface area contributed by atoms with Gasteiger partial charge >= 0.3 is 0 Å². The lowest BCUT2D eigenvalue weighted by Crippen LogP contribution is -2.12. The normalized spacial score (nSPS) is 11.7. The summed E-state index contributed by atoms with van der Waals surface area (Å²) in [4.78, 5) is 4.26. The van der Waals surface area contributed by atoms with Crippen LogP contribution in [0.1, 0.15) is 5.56 Å². The van der Waals surface area contributed by atoms with Crippen molar-refractivity contribution in [2.24, 2.45) is 0 Å². The van der Waals surface area contributed by atoms with Crippen molar-refractivity contribution in [3.05, 3.63) is 53.7 Å². The van der Waals surface area contributed by atoms with Crippen molar-refractivity contribution in [2.45, 2.75) is 11.8 Å². The smallest absolute Gasteiger partial charge is 0.263 e. The third-order valence-corrected chi connectivity index (χ3v) is 5.47. The molecule has 0 atom stereocenters. The van der Waals surface area contributed by atoms with Gasteiger partial charge in [0.2, 0.25) is 0 Å². The van der Waals surface area contributed by atoms with E-state index in [4.69, 9.17) is 0 Å². The first-order valence-electron chi connectivity index (χ1n) is 5.97. The van der Waals surface area contributed by atoms with E-state index >= 15 is 0 Å². The Labute approximate surface area is 121 Å². The summed E-state index contributed by atoms with van der Waals surface area (Å²) in [5.41, 5.74) is 1.64. The van der Waals surface area contributed by atoms with Crippen LogP contribution >= 0.6 is 11.3 Å². The van der Waals surface area contributed by atoms with Crippen molar-refractivity contribution >= 4 is 37.1 Å². The van der Waals surface area contributed by atoms with Gasteiger partial charge < -0.3 is 0 Å². The van der Waals surface area contributed by atoms with Gasteiger partial charge in [0.15, 0.2) is 0 Å². The topological polar surface area (TPSA) is 59.1 Å². The van der Waals surface area contributed by atoms with Crippen LogP contribution in [0, 0.1) is 6.92 Å². The SMILES string of the molecule is Cc1ccc(NS(=O)(=O)c2csc3ccncc23)cc1. The van der Waals surface area contributed by atoms with Crippen LogP contribution in [0.15, 0.2) is 53.0 Å². The Morgan fingerprint density at radius 1 is 1.15 bits per heavy atom. The lowest BCUT2D eigenvalue weighted by molar-refractivity contribution is 0.602. The van der Waals surface area contributed by atoms with Gasteiger partial charge in [-0.2, -0.15) is 0 Å². The molecule has 1 N–H and O–H groups in total. The number of benzene rings is 1. The molecule has 3 aromatic rings. The number of hydrogen-bond acceptors (Lipinski definition) is 4. The van der Waals surface area contributed by atoms with Crippen LogP contribution in [-0.2, 0) is 10.0 Å². The molecule has 6 heteroatoms. The zero-order chi connectivity index (χ0) is 14.2. The minimum absolute atomic E-state index is 0.270. The zero-order valence-electron chi connectivity index (χ0n) is 10.7. The molecule has 2 heterocycles. The monoisotopic (exact) mass is 304 g/mol. The number of nitrogens with zero attached hydrogens (tertiary/aromatic N) is 1. The van der Waals surface area contributed by atoms with Crippen LogP contribution in [0.5, 0.6) is 0 Å². The highest BCUT2D eigenvalue weighted by atomic mass is 32.2. The molecule has 0 amide bonds. The second-order valence-corrected chi connectivity index (χ2v) is 7.01. The number of thiophene rings is 1. The molecule has 4 nitrogen and oxygen atoms in total. The van der Waals surface area contributed by atoms with Crippen molar-refractivity contribution in [3.8, 4) is 0 Å². The van der Waals surface area contributed by atoms with E-state index in [-0.39, 0.29) is 4.90 Å². The van der Waals surface area contributed by atoms with E-state index in [1.165, 1.54) is 11.3 Å². The molecular weight excluding hydrogens is 292 g/mol. The van der Waals surface area contributed by atoms with Crippen LogP contribution in [0.25, 0.3) is 10.1 Å². The van der Waals surface area contributed by atoms with E-state index in [0.717, 1.165) is 10.3 Å². The second kappa shape index (κ2) is 4.88. The number of fused-ring (bicyclic) bond motifs is 1. The molecule has 0 unspecified atom stereocenters. The summed E-state index contributed by atoms with van der Waals surface area (Å²) in [6.45, 7) is 1.95. The van der Waals surface area contributed by atoms with Crippen molar-refractivity contribution in [2.75, 3.05) is 4.72 Å². The highest BCUT2D eigenvalue weighted by Gasteiger charge is 2.19. The molecule has 0 radical (unpaired) electrons. The van der Waals surface area contributed by atoms with Crippen molar-refractivity contribution in [1.29, 1.82) is 0 Å². The lowest BCUT2D eigenvalue weighted by Gasteiger charge is -2.07. The molecule has 3 rings (SSSR count). The highest BCUT2D eigenvalue weighted by molar-refractivity contribution is 7.93. The number of rotatable bonds is 3. The number of sulfonamides is 1. The van der Waals surface area contributed by atoms with Crippen molar-refractivity contribution < 1.29 is 8.42 Å². The van der Waals surface area contributed by atoms with E-state index in [1.807, 2.05) is 25.1 Å². The van der Waals surface area contributed by atoms with Crippen LogP contribution in [0.2, 0.25) is 0 Å². The predicted molar refractivity (Wildman–Crippen MR) is 81.6 cm³/mol. The standard InChI is InChI=1S/C14H12N2O2S2/c1-10-2-4-11(5-3-10)16-20(17,18)14-9-19-13-6-7-15-8-12(13)14/h2-9,16H,1H3. The van der Waals surface area contributed by atoms with Gasteiger partial charge in [0.1, 0.15) is 4.90 Å². The fraction of sp³-hybridized carbons (Fsp3) is 0.0714. The fourth-order valence-corrected chi connectivity index (χ4v) is 4.40. The minimum atomic E-state index is -3.59. The Balaban J connectivity index is 2.01. The van der Waals surface area contributed by atoms with Gasteiger partial charge in [0.25, 0.3) is 10.0 Å². The second-order valence-electron chi connectivity index (χ2n) is 4.44. The Morgan fingerprint density at radius 2 is 1.90 bits per heavy atom. The number of aryl methyl sites for hydroxylation is 1. The molecule has 1 aromatic carbocycles. The van der Waals surface area contributed by atoms with E-state index in [1.54, 1.807) is 29.9 Å². The number of anilines is 1. The van der Waals surface area contributed by atoms with Crippen molar-refractivity contribution in [3.63, 3.8) is 0 Å². The molecule has 2 aromatic heterocycles. The maximum Gasteiger partial charge on any atom is 0.263 e. The summed E-state index contributed by atoms with van der Waals surface area (Å²) < 4.78 is 28.4. The molecule has 0 aliphatic heterocycles. The molecule has 0 spiro atoms. The first-order chi connectivity index (χ1) is 9.56. The summed E-state index contributed by atoms with van der Waals surface area (Å²) >= 11 is 1.39. The molecular formula is C14H12N2O2S2.